The number of anilines is 1. The Hall–Kier alpha value is -1.36. The van der Waals surface area contributed by atoms with Gasteiger partial charge in [0.15, 0.2) is 5.13 Å². The van der Waals surface area contributed by atoms with Crippen molar-refractivity contribution in [2.24, 2.45) is 0 Å². The van der Waals surface area contributed by atoms with Gasteiger partial charge in [-0.3, -0.25) is 4.57 Å². The van der Waals surface area contributed by atoms with E-state index in [0.29, 0.717) is 5.95 Å². The third kappa shape index (κ3) is 0.988. The van der Waals surface area contributed by atoms with E-state index in [9.17, 15) is 0 Å². The Kier molecular flexibility index (Phi) is 1.36. The van der Waals surface area contributed by atoms with E-state index in [0.717, 1.165) is 5.13 Å². The van der Waals surface area contributed by atoms with Crippen LogP contribution >= 0.6 is 11.3 Å². The van der Waals surface area contributed by atoms with Gasteiger partial charge >= 0.3 is 0 Å². The lowest BCUT2D eigenvalue weighted by Gasteiger charge is -1.95. The summed E-state index contributed by atoms with van der Waals surface area (Å²) in [5.74, 6) is 0.472. The van der Waals surface area contributed by atoms with Crippen molar-refractivity contribution in [1.29, 1.82) is 0 Å². The fraction of sp³-hybridized carbons (Fsp3) is 0. The van der Waals surface area contributed by atoms with Gasteiger partial charge in [-0.25, -0.2) is 9.97 Å². The first-order valence-corrected chi connectivity index (χ1v) is 3.94. The highest BCUT2D eigenvalue weighted by molar-refractivity contribution is 7.12. The second kappa shape index (κ2) is 2.35. The molecule has 2 aromatic heterocycles. The Morgan fingerprint density at radius 1 is 1.36 bits per heavy atom. The summed E-state index contributed by atoms with van der Waals surface area (Å²) < 4.78 is 1.74. The average Bonchev–Trinajstić information content (AvgIpc) is 2.55. The summed E-state index contributed by atoms with van der Waals surface area (Å²) in [5, 5.41) is 2.74. The van der Waals surface area contributed by atoms with Crippen molar-refractivity contribution in [3.63, 3.8) is 0 Å². The molecule has 0 amide bonds. The second-order valence-corrected chi connectivity index (χ2v) is 2.84. The molecule has 2 aromatic rings. The summed E-state index contributed by atoms with van der Waals surface area (Å²) in [6.07, 6.45) is 5.17. The number of aromatic nitrogens is 3. The van der Waals surface area contributed by atoms with Crippen LogP contribution in [0.25, 0.3) is 5.13 Å². The van der Waals surface area contributed by atoms with Crippen molar-refractivity contribution < 1.29 is 0 Å². The number of thiazole rings is 1. The van der Waals surface area contributed by atoms with Gasteiger partial charge in [0.1, 0.15) is 0 Å². The highest BCUT2D eigenvalue weighted by Gasteiger charge is 2.01. The zero-order valence-corrected chi connectivity index (χ0v) is 6.45. The van der Waals surface area contributed by atoms with Gasteiger partial charge in [0.2, 0.25) is 5.95 Å². The minimum Gasteiger partial charge on any atom is -0.369 e. The molecule has 0 fully saturated rings. The molecule has 0 spiro atoms. The van der Waals surface area contributed by atoms with E-state index in [-0.39, 0.29) is 0 Å². The molecular weight excluding hydrogens is 160 g/mol. The van der Waals surface area contributed by atoms with E-state index in [4.69, 9.17) is 5.73 Å². The van der Waals surface area contributed by atoms with E-state index < -0.39 is 0 Å². The van der Waals surface area contributed by atoms with E-state index in [2.05, 4.69) is 9.97 Å². The molecule has 0 radical (unpaired) electrons. The van der Waals surface area contributed by atoms with Crippen LogP contribution in [-0.2, 0) is 0 Å². The lowest BCUT2D eigenvalue weighted by Crippen LogP contribution is -1.98. The molecule has 0 bridgehead atoms. The van der Waals surface area contributed by atoms with Gasteiger partial charge in [-0.05, 0) is 0 Å². The molecule has 0 aromatic carbocycles. The number of nitrogens with two attached hydrogens (primary N) is 1. The van der Waals surface area contributed by atoms with Crippen LogP contribution in [-0.4, -0.2) is 14.5 Å². The van der Waals surface area contributed by atoms with Gasteiger partial charge in [0, 0.05) is 24.0 Å². The first-order chi connectivity index (χ1) is 5.38. The third-order valence-electron chi connectivity index (χ3n) is 1.29. The smallest absolute Gasteiger partial charge is 0.206 e. The maximum absolute atomic E-state index is 5.55. The summed E-state index contributed by atoms with van der Waals surface area (Å²) in [5.41, 5.74) is 5.55. The fourth-order valence-corrected chi connectivity index (χ4v) is 1.44. The minimum atomic E-state index is 0.472. The molecule has 0 atom stereocenters. The lowest BCUT2D eigenvalue weighted by molar-refractivity contribution is 1.05. The summed E-state index contributed by atoms with van der Waals surface area (Å²) in [6.45, 7) is 0. The SMILES string of the molecule is Nc1nccn1-c1nccs1. The zero-order valence-electron chi connectivity index (χ0n) is 5.64. The van der Waals surface area contributed by atoms with Gasteiger partial charge < -0.3 is 5.73 Å². The van der Waals surface area contributed by atoms with E-state index in [1.807, 2.05) is 5.38 Å². The Labute approximate surface area is 67.3 Å². The summed E-state index contributed by atoms with van der Waals surface area (Å²) >= 11 is 1.53. The Balaban J connectivity index is 2.53. The van der Waals surface area contributed by atoms with Crippen molar-refractivity contribution in [1.82, 2.24) is 14.5 Å². The van der Waals surface area contributed by atoms with Crippen molar-refractivity contribution in [3.8, 4) is 5.13 Å². The first kappa shape index (κ1) is 6.36. The Morgan fingerprint density at radius 3 is 2.82 bits per heavy atom. The van der Waals surface area contributed by atoms with Gasteiger partial charge in [0.25, 0.3) is 0 Å². The highest BCUT2D eigenvalue weighted by atomic mass is 32.1. The maximum Gasteiger partial charge on any atom is 0.206 e. The Bertz CT molecular complexity index is 337. The maximum atomic E-state index is 5.55. The number of nitrogen functional groups attached to an aromatic ring is 1. The normalized spacial score (nSPS) is 10.2. The molecule has 11 heavy (non-hydrogen) atoms. The van der Waals surface area contributed by atoms with Gasteiger partial charge in [-0.2, -0.15) is 0 Å². The molecule has 0 aliphatic heterocycles. The van der Waals surface area contributed by atoms with Gasteiger partial charge in [0.05, 0.1) is 0 Å². The average molecular weight is 166 g/mol. The van der Waals surface area contributed by atoms with Crippen LogP contribution in [0.4, 0.5) is 5.95 Å². The van der Waals surface area contributed by atoms with Gasteiger partial charge in [-0.1, -0.05) is 0 Å². The molecule has 0 aliphatic carbocycles. The standard InChI is InChI=1S/C6H6N4S/c7-5-8-1-3-10(5)6-9-2-4-11-6/h1-4H,(H2,7,8). The number of rotatable bonds is 1. The van der Waals surface area contributed by atoms with Gasteiger partial charge in [-0.15, -0.1) is 11.3 Å². The third-order valence-corrected chi connectivity index (χ3v) is 2.07. The largest absolute Gasteiger partial charge is 0.369 e. The summed E-state index contributed by atoms with van der Waals surface area (Å²) in [4.78, 5) is 7.96. The minimum absolute atomic E-state index is 0.472. The van der Waals surface area contributed by atoms with Crippen LogP contribution in [0.3, 0.4) is 0 Å². The monoisotopic (exact) mass is 166 g/mol. The van der Waals surface area contributed by atoms with Crippen molar-refractivity contribution in [3.05, 3.63) is 24.0 Å². The molecule has 0 saturated heterocycles. The number of nitrogens with zero attached hydrogens (tertiary/aromatic N) is 3. The van der Waals surface area contributed by atoms with Crippen LogP contribution in [0, 0.1) is 0 Å². The zero-order chi connectivity index (χ0) is 7.68. The number of imidazole rings is 1. The van der Waals surface area contributed by atoms with Crippen molar-refractivity contribution >= 4 is 17.3 Å². The molecule has 0 unspecified atom stereocenters. The summed E-state index contributed by atoms with van der Waals surface area (Å²) in [6, 6.07) is 0. The van der Waals surface area contributed by atoms with E-state index in [1.54, 1.807) is 23.2 Å². The van der Waals surface area contributed by atoms with Crippen molar-refractivity contribution in [2.45, 2.75) is 0 Å². The molecule has 2 N–H and O–H groups in total. The fourth-order valence-electron chi connectivity index (χ4n) is 0.812. The molecule has 2 rings (SSSR count). The molecular formula is C6H6N4S. The van der Waals surface area contributed by atoms with Crippen LogP contribution in [0.15, 0.2) is 24.0 Å². The number of hydrogen-bond donors (Lipinski definition) is 1. The topological polar surface area (TPSA) is 56.7 Å². The molecule has 4 nitrogen and oxygen atoms in total. The van der Waals surface area contributed by atoms with Crippen LogP contribution < -0.4 is 5.73 Å². The predicted molar refractivity (Wildman–Crippen MR) is 43.6 cm³/mol. The van der Waals surface area contributed by atoms with Crippen LogP contribution in [0.1, 0.15) is 0 Å². The first-order valence-electron chi connectivity index (χ1n) is 3.06. The molecule has 5 heteroatoms. The van der Waals surface area contributed by atoms with Crippen LogP contribution in [0.2, 0.25) is 0 Å². The molecule has 0 aliphatic rings. The second-order valence-electron chi connectivity index (χ2n) is 1.97. The highest BCUT2D eigenvalue weighted by Crippen LogP contribution is 2.13. The van der Waals surface area contributed by atoms with E-state index >= 15 is 0 Å². The molecule has 2 heterocycles. The quantitative estimate of drug-likeness (QED) is 0.685. The summed E-state index contributed by atoms with van der Waals surface area (Å²) in [7, 11) is 0. The van der Waals surface area contributed by atoms with Crippen molar-refractivity contribution in [2.75, 3.05) is 5.73 Å². The molecule has 0 saturated carbocycles. The molecule has 56 valence electrons. The predicted octanol–water partition coefficient (Wildman–Crippen LogP) is 0.911. The van der Waals surface area contributed by atoms with Crippen LogP contribution in [0.5, 0.6) is 0 Å². The Morgan fingerprint density at radius 2 is 2.27 bits per heavy atom. The number of hydrogen-bond acceptors (Lipinski definition) is 4. The van der Waals surface area contributed by atoms with E-state index in [1.165, 1.54) is 11.3 Å². The lowest BCUT2D eigenvalue weighted by atomic mass is 10.9.